The number of nitrogens with two attached hydrogens (primary N) is 1. The van der Waals surface area contributed by atoms with Crippen molar-refractivity contribution in [3.63, 3.8) is 0 Å². The van der Waals surface area contributed by atoms with Crippen molar-refractivity contribution in [1.29, 1.82) is 0 Å². The second kappa shape index (κ2) is 4.13. The van der Waals surface area contributed by atoms with E-state index in [4.69, 9.17) is 5.73 Å². The van der Waals surface area contributed by atoms with Gasteiger partial charge >= 0.3 is 12.1 Å². The lowest BCUT2D eigenvalue weighted by molar-refractivity contribution is -0.156. The summed E-state index contributed by atoms with van der Waals surface area (Å²) < 4.78 is 41.2. The van der Waals surface area contributed by atoms with Gasteiger partial charge < -0.3 is 10.2 Å². The molecule has 0 spiro atoms. The molecule has 5 nitrogen and oxygen atoms in total. The van der Waals surface area contributed by atoms with Crippen molar-refractivity contribution in [2.75, 3.05) is 0 Å². The number of hydrogen-bond donors (Lipinski definition) is 1. The Balaban J connectivity index is 2.32. The molecule has 2 N–H and O–H groups in total. The van der Waals surface area contributed by atoms with Crippen LogP contribution in [0.4, 0.5) is 13.2 Å². The molecule has 8 heteroatoms. The first-order valence-electron chi connectivity index (χ1n) is 4.69. The second-order valence-electron chi connectivity index (χ2n) is 3.35. The topological polar surface area (TPSA) is 82.0 Å². The molecule has 94 valence electrons. The van der Waals surface area contributed by atoms with Crippen LogP contribution in [0.5, 0.6) is 0 Å². The maximum Gasteiger partial charge on any atom is 0.470 e. The summed E-state index contributed by atoms with van der Waals surface area (Å²) in [5.41, 5.74) is 5.52. The molecule has 0 aliphatic rings. The zero-order chi connectivity index (χ0) is 13.3. The molecule has 2 rings (SSSR count). The number of halogens is 3. The fourth-order valence-corrected chi connectivity index (χ4v) is 1.23. The van der Waals surface area contributed by atoms with Crippen LogP contribution in [0.3, 0.4) is 0 Å². The molecule has 18 heavy (non-hydrogen) atoms. The maximum atomic E-state index is 12.2. The molecule has 0 saturated carbocycles. The average Bonchev–Trinajstić information content (AvgIpc) is 2.78. The van der Waals surface area contributed by atoms with Crippen LogP contribution in [0, 0.1) is 0 Å². The number of benzene rings is 1. The Bertz CT molecular complexity index is 575. The average molecular weight is 257 g/mol. The Labute approximate surface area is 98.4 Å². The summed E-state index contributed by atoms with van der Waals surface area (Å²) in [5, 5.41) is 6.16. The number of rotatable bonds is 2. The molecule has 1 aromatic carbocycles. The van der Waals surface area contributed by atoms with Crippen molar-refractivity contribution in [2.45, 2.75) is 6.18 Å². The van der Waals surface area contributed by atoms with Gasteiger partial charge in [-0.1, -0.05) is 0 Å². The third-order valence-corrected chi connectivity index (χ3v) is 2.08. The molecule has 0 aliphatic carbocycles. The lowest BCUT2D eigenvalue weighted by atomic mass is 10.1. The fraction of sp³-hybridized carbons (Fsp3) is 0.100. The molecule has 0 bridgehead atoms. The molecule has 1 heterocycles. The van der Waals surface area contributed by atoms with Gasteiger partial charge in [0.1, 0.15) is 0 Å². The number of aromatic nitrogens is 2. The quantitative estimate of drug-likeness (QED) is 0.890. The molecule has 0 saturated heterocycles. The standard InChI is InChI=1S/C10H6F3N3O2/c11-10(12,13)9-16-15-8(18-9)6-3-1-5(2-4-6)7(14)17/h1-4H,(H2,14,17). The highest BCUT2D eigenvalue weighted by atomic mass is 19.4. The summed E-state index contributed by atoms with van der Waals surface area (Å²) in [4.78, 5) is 10.8. The van der Waals surface area contributed by atoms with Gasteiger partial charge in [0.2, 0.25) is 11.8 Å². The number of alkyl halides is 3. The maximum absolute atomic E-state index is 12.2. The number of primary amides is 1. The molecule has 0 fully saturated rings. The van der Waals surface area contributed by atoms with Crippen LogP contribution in [-0.2, 0) is 6.18 Å². The zero-order valence-electron chi connectivity index (χ0n) is 8.73. The van der Waals surface area contributed by atoms with Crippen LogP contribution in [0.2, 0.25) is 0 Å². The van der Waals surface area contributed by atoms with E-state index in [9.17, 15) is 18.0 Å². The van der Waals surface area contributed by atoms with E-state index in [1.807, 2.05) is 0 Å². The number of amides is 1. The highest BCUT2D eigenvalue weighted by molar-refractivity contribution is 5.93. The summed E-state index contributed by atoms with van der Waals surface area (Å²) in [6.45, 7) is 0. The molecule has 2 aromatic rings. The summed E-state index contributed by atoms with van der Waals surface area (Å²) in [7, 11) is 0. The Kier molecular flexibility index (Phi) is 2.77. The van der Waals surface area contributed by atoms with Gasteiger partial charge in [0.25, 0.3) is 0 Å². The smallest absolute Gasteiger partial charge is 0.413 e. The molecule has 1 amide bonds. The van der Waals surface area contributed by atoms with Crippen molar-refractivity contribution in [2.24, 2.45) is 5.73 Å². The first-order valence-corrected chi connectivity index (χ1v) is 4.69. The molecule has 1 aromatic heterocycles. The van der Waals surface area contributed by atoms with Crippen molar-refractivity contribution in [1.82, 2.24) is 10.2 Å². The Morgan fingerprint density at radius 2 is 1.78 bits per heavy atom. The van der Waals surface area contributed by atoms with Crippen LogP contribution in [-0.4, -0.2) is 16.1 Å². The SMILES string of the molecule is NC(=O)c1ccc(-c2nnc(C(F)(F)F)o2)cc1. The normalized spacial score (nSPS) is 11.5. The highest BCUT2D eigenvalue weighted by Crippen LogP contribution is 2.30. The monoisotopic (exact) mass is 257 g/mol. The number of carbonyl (C=O) groups excluding carboxylic acids is 1. The summed E-state index contributed by atoms with van der Waals surface area (Å²) in [6.07, 6.45) is -4.68. The van der Waals surface area contributed by atoms with Gasteiger partial charge in [-0.3, -0.25) is 4.79 Å². The fourth-order valence-electron chi connectivity index (χ4n) is 1.23. The Hall–Kier alpha value is -2.38. The van der Waals surface area contributed by atoms with Crippen molar-refractivity contribution >= 4 is 5.91 Å². The van der Waals surface area contributed by atoms with Crippen LogP contribution in [0.15, 0.2) is 28.7 Å². The predicted molar refractivity (Wildman–Crippen MR) is 53.3 cm³/mol. The minimum absolute atomic E-state index is 0.231. The van der Waals surface area contributed by atoms with Crippen molar-refractivity contribution in [3.8, 4) is 11.5 Å². The number of hydrogen-bond acceptors (Lipinski definition) is 4. The minimum Gasteiger partial charge on any atom is -0.413 e. The third-order valence-electron chi connectivity index (χ3n) is 2.08. The number of nitrogens with zero attached hydrogens (tertiary/aromatic N) is 2. The van der Waals surface area contributed by atoms with Gasteiger partial charge in [0, 0.05) is 11.1 Å². The first kappa shape index (κ1) is 12.1. The van der Waals surface area contributed by atoms with E-state index in [1.165, 1.54) is 24.3 Å². The molecular weight excluding hydrogens is 251 g/mol. The van der Waals surface area contributed by atoms with Crippen LogP contribution in [0.25, 0.3) is 11.5 Å². The predicted octanol–water partition coefficient (Wildman–Crippen LogP) is 1.85. The van der Waals surface area contributed by atoms with E-state index in [0.717, 1.165) is 0 Å². The van der Waals surface area contributed by atoms with Crippen molar-refractivity contribution in [3.05, 3.63) is 35.7 Å². The van der Waals surface area contributed by atoms with Gasteiger partial charge in [-0.05, 0) is 24.3 Å². The van der Waals surface area contributed by atoms with E-state index >= 15 is 0 Å². The molecule has 0 radical (unpaired) electrons. The van der Waals surface area contributed by atoms with Gasteiger partial charge in [-0.15, -0.1) is 10.2 Å². The summed E-state index contributed by atoms with van der Waals surface area (Å²) >= 11 is 0. The van der Waals surface area contributed by atoms with Gasteiger partial charge in [0.05, 0.1) is 0 Å². The van der Waals surface area contributed by atoms with E-state index in [0.29, 0.717) is 0 Å². The van der Waals surface area contributed by atoms with Crippen molar-refractivity contribution < 1.29 is 22.4 Å². The number of carbonyl (C=O) groups is 1. The van der Waals surface area contributed by atoms with E-state index in [1.54, 1.807) is 0 Å². The van der Waals surface area contributed by atoms with E-state index in [2.05, 4.69) is 14.6 Å². The van der Waals surface area contributed by atoms with E-state index in [-0.39, 0.29) is 17.0 Å². The lowest BCUT2D eigenvalue weighted by Gasteiger charge is -1.98. The molecule has 0 aliphatic heterocycles. The zero-order valence-corrected chi connectivity index (χ0v) is 8.73. The lowest BCUT2D eigenvalue weighted by Crippen LogP contribution is -2.10. The van der Waals surface area contributed by atoms with Crippen LogP contribution in [0.1, 0.15) is 16.2 Å². The second-order valence-corrected chi connectivity index (χ2v) is 3.35. The van der Waals surface area contributed by atoms with Gasteiger partial charge in [0.15, 0.2) is 0 Å². The summed E-state index contributed by atoms with van der Waals surface area (Å²) in [6, 6.07) is 5.45. The highest BCUT2D eigenvalue weighted by Gasteiger charge is 2.38. The van der Waals surface area contributed by atoms with Gasteiger partial charge in [-0.25, -0.2) is 0 Å². The van der Waals surface area contributed by atoms with Gasteiger partial charge in [-0.2, -0.15) is 13.2 Å². The van der Waals surface area contributed by atoms with Crippen LogP contribution >= 0.6 is 0 Å². The van der Waals surface area contributed by atoms with Crippen LogP contribution < -0.4 is 5.73 Å². The first-order chi connectivity index (χ1) is 8.38. The Morgan fingerprint density at radius 1 is 1.17 bits per heavy atom. The Morgan fingerprint density at radius 3 is 2.22 bits per heavy atom. The molecule has 0 unspecified atom stereocenters. The largest absolute Gasteiger partial charge is 0.470 e. The van der Waals surface area contributed by atoms with E-state index < -0.39 is 18.0 Å². The third kappa shape index (κ3) is 2.31. The molecule has 0 atom stereocenters. The minimum atomic E-state index is -4.68. The molecular formula is C10H6F3N3O2. The summed E-state index contributed by atoms with van der Waals surface area (Å²) in [5.74, 6) is -2.34.